The first-order valence-corrected chi connectivity index (χ1v) is 11.0. The van der Waals surface area contributed by atoms with E-state index < -0.39 is 12.0 Å². The summed E-state index contributed by atoms with van der Waals surface area (Å²) < 4.78 is 6.81. The van der Waals surface area contributed by atoms with E-state index in [1.54, 1.807) is 6.92 Å². The van der Waals surface area contributed by atoms with E-state index in [4.69, 9.17) is 4.74 Å². The molecule has 5 nitrogen and oxygen atoms in total. The molecule has 4 rings (SSSR count). The second-order valence-electron chi connectivity index (χ2n) is 7.76. The molecule has 0 aliphatic rings. The van der Waals surface area contributed by atoms with Gasteiger partial charge in [0.2, 0.25) is 0 Å². The molecule has 0 amide bonds. The Kier molecular flexibility index (Phi) is 5.74. The van der Waals surface area contributed by atoms with Gasteiger partial charge in [0.25, 0.3) is 5.56 Å². The molecule has 158 valence electrons. The Bertz CT molecular complexity index is 1320. The minimum atomic E-state index is -0.778. The highest BCUT2D eigenvalue weighted by atomic mass is 32.1. The Hall–Kier alpha value is -3.25. The van der Waals surface area contributed by atoms with Crippen molar-refractivity contribution in [2.45, 2.75) is 40.3 Å². The lowest BCUT2D eigenvalue weighted by Crippen LogP contribution is -2.29. The van der Waals surface area contributed by atoms with Gasteiger partial charge in [-0.25, -0.2) is 9.78 Å². The first-order valence-electron chi connectivity index (χ1n) is 10.1. The third-order valence-corrected chi connectivity index (χ3v) is 6.47. The van der Waals surface area contributed by atoms with Crippen molar-refractivity contribution in [2.24, 2.45) is 0 Å². The quantitative estimate of drug-likeness (QED) is 0.399. The lowest BCUT2D eigenvalue weighted by Gasteiger charge is -2.15. The fourth-order valence-electron chi connectivity index (χ4n) is 3.68. The number of thiophene rings is 1. The van der Waals surface area contributed by atoms with Crippen LogP contribution in [0.25, 0.3) is 21.3 Å². The van der Waals surface area contributed by atoms with Crippen LogP contribution in [-0.4, -0.2) is 15.5 Å². The topological polar surface area (TPSA) is 61.2 Å². The largest absolute Gasteiger partial charge is 0.459 e. The van der Waals surface area contributed by atoms with E-state index in [0.717, 1.165) is 32.7 Å². The molecule has 0 aliphatic carbocycles. The standard InChI is InChI=1S/C25H24N2O3S/c1-15-10-11-16(2)20(12-15)21-18(4)31-23-22(21)24(28)27(14-26-23)17(3)25(29)30-13-19-8-6-5-7-9-19/h5-12,14,17H,13H2,1-4H3. The minimum absolute atomic E-state index is 0.166. The lowest BCUT2D eigenvalue weighted by atomic mass is 9.97. The maximum atomic E-state index is 13.5. The number of benzene rings is 2. The molecule has 0 bridgehead atoms. The van der Waals surface area contributed by atoms with Gasteiger partial charge >= 0.3 is 5.97 Å². The number of hydrogen-bond acceptors (Lipinski definition) is 5. The number of ether oxygens (including phenoxy) is 1. The molecule has 4 aromatic rings. The summed E-state index contributed by atoms with van der Waals surface area (Å²) >= 11 is 1.50. The summed E-state index contributed by atoms with van der Waals surface area (Å²) in [5.41, 5.74) is 4.82. The number of nitrogens with zero attached hydrogens (tertiary/aromatic N) is 2. The number of carbonyl (C=O) groups is 1. The lowest BCUT2D eigenvalue weighted by molar-refractivity contribution is -0.148. The predicted molar refractivity (Wildman–Crippen MR) is 124 cm³/mol. The average Bonchev–Trinajstić information content (AvgIpc) is 3.11. The fraction of sp³-hybridized carbons (Fsp3) is 0.240. The molecule has 0 saturated heterocycles. The van der Waals surface area contributed by atoms with Gasteiger partial charge in [0.1, 0.15) is 17.5 Å². The molecule has 0 N–H and O–H groups in total. The first kappa shape index (κ1) is 21.0. The van der Waals surface area contributed by atoms with Crippen molar-refractivity contribution >= 4 is 27.5 Å². The van der Waals surface area contributed by atoms with Crippen LogP contribution in [0.15, 0.2) is 59.7 Å². The Morgan fingerprint density at radius 1 is 1.13 bits per heavy atom. The summed E-state index contributed by atoms with van der Waals surface area (Å²) in [6.45, 7) is 7.91. The van der Waals surface area contributed by atoms with Crippen LogP contribution in [0, 0.1) is 20.8 Å². The van der Waals surface area contributed by atoms with E-state index in [0.29, 0.717) is 10.2 Å². The summed E-state index contributed by atoms with van der Waals surface area (Å²) in [5, 5.41) is 0.557. The minimum Gasteiger partial charge on any atom is -0.459 e. The van der Waals surface area contributed by atoms with Gasteiger partial charge in [-0.05, 0) is 44.4 Å². The van der Waals surface area contributed by atoms with Gasteiger partial charge in [0.15, 0.2) is 0 Å². The van der Waals surface area contributed by atoms with Gasteiger partial charge in [-0.1, -0.05) is 54.1 Å². The van der Waals surface area contributed by atoms with Crippen molar-refractivity contribution in [3.05, 3.63) is 86.8 Å². The molecular formula is C25H24N2O3S. The molecular weight excluding hydrogens is 408 g/mol. The van der Waals surface area contributed by atoms with Crippen molar-refractivity contribution in [3.63, 3.8) is 0 Å². The van der Waals surface area contributed by atoms with E-state index >= 15 is 0 Å². The van der Waals surface area contributed by atoms with Crippen LogP contribution in [0.4, 0.5) is 0 Å². The van der Waals surface area contributed by atoms with Crippen molar-refractivity contribution in [2.75, 3.05) is 0 Å². The summed E-state index contributed by atoms with van der Waals surface area (Å²) in [7, 11) is 0. The van der Waals surface area contributed by atoms with Crippen LogP contribution in [0.1, 0.15) is 34.5 Å². The average molecular weight is 433 g/mol. The summed E-state index contributed by atoms with van der Waals surface area (Å²) in [4.78, 5) is 32.3. The molecule has 0 fully saturated rings. The molecule has 2 aromatic heterocycles. The maximum Gasteiger partial charge on any atom is 0.329 e. The molecule has 2 aromatic carbocycles. The van der Waals surface area contributed by atoms with Gasteiger partial charge < -0.3 is 4.74 Å². The van der Waals surface area contributed by atoms with Gasteiger partial charge in [-0.3, -0.25) is 9.36 Å². The number of rotatable bonds is 5. The predicted octanol–water partition coefficient (Wildman–Crippen LogP) is 5.35. The molecule has 31 heavy (non-hydrogen) atoms. The molecule has 6 heteroatoms. The molecule has 1 unspecified atom stereocenters. The van der Waals surface area contributed by atoms with E-state index in [1.807, 2.05) is 51.1 Å². The molecule has 0 spiro atoms. The third-order valence-electron chi connectivity index (χ3n) is 5.46. The number of carbonyl (C=O) groups excluding carboxylic acids is 1. The van der Waals surface area contributed by atoms with Crippen LogP contribution in [0.5, 0.6) is 0 Å². The smallest absolute Gasteiger partial charge is 0.329 e. The SMILES string of the molecule is Cc1ccc(C)c(-c2c(C)sc3ncn(C(C)C(=O)OCc4ccccc4)c(=O)c23)c1. The first-order chi connectivity index (χ1) is 14.9. The zero-order valence-electron chi connectivity index (χ0n) is 18.0. The van der Waals surface area contributed by atoms with Crippen LogP contribution in [0.2, 0.25) is 0 Å². The van der Waals surface area contributed by atoms with Gasteiger partial charge in [-0.15, -0.1) is 11.3 Å². The fourth-order valence-corrected chi connectivity index (χ4v) is 4.68. The van der Waals surface area contributed by atoms with Gasteiger partial charge in [0, 0.05) is 10.4 Å². The maximum absolute atomic E-state index is 13.5. The second-order valence-corrected chi connectivity index (χ2v) is 8.96. The highest BCUT2D eigenvalue weighted by Crippen LogP contribution is 2.37. The van der Waals surface area contributed by atoms with Gasteiger partial charge in [0.05, 0.1) is 11.7 Å². The summed E-state index contributed by atoms with van der Waals surface area (Å²) in [6, 6.07) is 14.9. The number of esters is 1. The zero-order chi connectivity index (χ0) is 22.1. The van der Waals surface area contributed by atoms with E-state index in [2.05, 4.69) is 23.2 Å². The Balaban J connectivity index is 1.73. The zero-order valence-corrected chi connectivity index (χ0v) is 18.8. The van der Waals surface area contributed by atoms with Gasteiger partial charge in [-0.2, -0.15) is 0 Å². The number of aromatic nitrogens is 2. The third kappa shape index (κ3) is 4.03. The molecule has 0 aliphatic heterocycles. The Labute approximate surface area is 185 Å². The molecule has 0 saturated carbocycles. The highest BCUT2D eigenvalue weighted by Gasteiger charge is 2.23. The van der Waals surface area contributed by atoms with E-state index in [9.17, 15) is 9.59 Å². The van der Waals surface area contributed by atoms with E-state index in [1.165, 1.54) is 22.2 Å². The van der Waals surface area contributed by atoms with Crippen molar-refractivity contribution in [1.82, 2.24) is 9.55 Å². The number of aryl methyl sites for hydroxylation is 3. The monoisotopic (exact) mass is 432 g/mol. The molecule has 0 radical (unpaired) electrons. The molecule has 2 heterocycles. The van der Waals surface area contributed by atoms with Crippen molar-refractivity contribution in [1.29, 1.82) is 0 Å². The highest BCUT2D eigenvalue weighted by molar-refractivity contribution is 7.19. The van der Waals surface area contributed by atoms with Crippen LogP contribution in [-0.2, 0) is 16.1 Å². The van der Waals surface area contributed by atoms with Crippen LogP contribution in [0.3, 0.4) is 0 Å². The summed E-state index contributed by atoms with van der Waals surface area (Å²) in [6.07, 6.45) is 1.45. The normalized spacial score (nSPS) is 12.1. The molecule has 1 atom stereocenters. The Morgan fingerprint density at radius 3 is 2.61 bits per heavy atom. The summed E-state index contributed by atoms with van der Waals surface area (Å²) in [5.74, 6) is -0.465. The number of hydrogen-bond donors (Lipinski definition) is 0. The Morgan fingerprint density at radius 2 is 1.87 bits per heavy atom. The van der Waals surface area contributed by atoms with Crippen LogP contribution >= 0.6 is 11.3 Å². The number of fused-ring (bicyclic) bond motifs is 1. The van der Waals surface area contributed by atoms with Crippen LogP contribution < -0.4 is 5.56 Å². The second kappa shape index (κ2) is 8.47. The van der Waals surface area contributed by atoms with E-state index in [-0.39, 0.29) is 12.2 Å². The van der Waals surface area contributed by atoms with Crippen molar-refractivity contribution < 1.29 is 9.53 Å². The van der Waals surface area contributed by atoms with Crippen molar-refractivity contribution in [3.8, 4) is 11.1 Å².